The van der Waals surface area contributed by atoms with Gasteiger partial charge in [0.15, 0.2) is 0 Å². The van der Waals surface area contributed by atoms with Crippen LogP contribution >= 0.6 is 0 Å². The summed E-state index contributed by atoms with van der Waals surface area (Å²) in [5.41, 5.74) is -4.04. The molecule has 0 bridgehead atoms. The van der Waals surface area contributed by atoms with E-state index in [9.17, 15) is 31.1 Å². The zero-order valence-corrected chi connectivity index (χ0v) is 19.2. The van der Waals surface area contributed by atoms with E-state index in [0.717, 1.165) is 18.2 Å². The van der Waals surface area contributed by atoms with Crippen LogP contribution in [0.25, 0.3) is 0 Å². The van der Waals surface area contributed by atoms with E-state index in [4.69, 9.17) is 9.84 Å². The summed E-state index contributed by atoms with van der Waals surface area (Å²) in [5.74, 6) is -5.35. The number of aliphatic hydroxyl groups is 1. The van der Waals surface area contributed by atoms with Gasteiger partial charge < -0.3 is 9.84 Å². The molecule has 0 saturated carbocycles. The molecule has 3 nitrogen and oxygen atoms in total. The van der Waals surface area contributed by atoms with Crippen molar-refractivity contribution in [1.29, 1.82) is 0 Å². The van der Waals surface area contributed by atoms with Crippen molar-refractivity contribution in [3.63, 3.8) is 0 Å². The van der Waals surface area contributed by atoms with Crippen molar-refractivity contribution in [1.82, 2.24) is 0 Å². The first-order valence-corrected chi connectivity index (χ1v) is 10.5. The number of halogens is 6. The van der Waals surface area contributed by atoms with E-state index < -0.39 is 65.3 Å². The number of ether oxygens (including phenoxy) is 1. The summed E-state index contributed by atoms with van der Waals surface area (Å²) < 4.78 is 89.6. The molecule has 9 heteroatoms. The van der Waals surface area contributed by atoms with Crippen molar-refractivity contribution in [3.8, 4) is 0 Å². The minimum atomic E-state index is -4.82. The fraction of sp³-hybridized carbons (Fsp3) is 0.696. The summed E-state index contributed by atoms with van der Waals surface area (Å²) in [6.45, 7) is 7.68. The monoisotopic (exact) mass is 470 g/mol. The number of aliphatic hydroxyl groups excluding tert-OH is 1. The van der Waals surface area contributed by atoms with Crippen LogP contribution in [0.4, 0.5) is 26.3 Å². The minimum absolute atomic E-state index is 0.0652. The number of carbonyl (C=O) groups is 1. The molecule has 0 aromatic heterocycles. The van der Waals surface area contributed by atoms with Crippen LogP contribution in [0.2, 0.25) is 0 Å². The topological polar surface area (TPSA) is 46.5 Å². The quantitative estimate of drug-likeness (QED) is 0.312. The van der Waals surface area contributed by atoms with E-state index in [1.807, 2.05) is 0 Å². The molecule has 0 heterocycles. The lowest BCUT2D eigenvalue weighted by atomic mass is 9.68. The van der Waals surface area contributed by atoms with Gasteiger partial charge in [0.05, 0.1) is 24.0 Å². The fourth-order valence-corrected chi connectivity index (χ4v) is 3.93. The maximum atomic E-state index is 14.2. The first-order chi connectivity index (χ1) is 14.4. The Morgan fingerprint density at radius 1 is 0.906 bits per heavy atom. The normalized spacial score (nSPS) is 15.4. The number of esters is 1. The van der Waals surface area contributed by atoms with Gasteiger partial charge in [0.25, 0.3) is 0 Å². The first kappa shape index (κ1) is 28.3. The molecule has 2 unspecified atom stereocenters. The van der Waals surface area contributed by atoms with E-state index in [1.54, 1.807) is 13.8 Å². The average Bonchev–Trinajstić information content (AvgIpc) is 2.63. The molecule has 0 spiro atoms. The second-order valence-electron chi connectivity index (χ2n) is 9.34. The Morgan fingerprint density at radius 2 is 1.38 bits per heavy atom. The SMILES string of the molecule is CCC(C)(C)C(c1ccc(C(=O)OCCO)c(C(C(F)(F)F)C(C)(C)CC)c1)C(F)(F)F. The lowest BCUT2D eigenvalue weighted by Gasteiger charge is -2.38. The molecule has 0 aliphatic rings. The summed E-state index contributed by atoms with van der Waals surface area (Å²) in [6.07, 6.45) is -9.33. The third-order valence-electron chi connectivity index (χ3n) is 6.30. The molecule has 0 fully saturated rings. The van der Waals surface area contributed by atoms with Crippen molar-refractivity contribution in [3.05, 3.63) is 34.9 Å². The summed E-state index contributed by atoms with van der Waals surface area (Å²) in [6, 6.07) is 2.88. The van der Waals surface area contributed by atoms with Gasteiger partial charge in [0, 0.05) is 0 Å². The Hall–Kier alpha value is -1.77. The second-order valence-corrected chi connectivity index (χ2v) is 9.34. The number of benzene rings is 1. The Labute approximate surface area is 185 Å². The zero-order valence-electron chi connectivity index (χ0n) is 19.2. The van der Waals surface area contributed by atoms with Gasteiger partial charge in [-0.15, -0.1) is 0 Å². The molecule has 2 atom stereocenters. The lowest BCUT2D eigenvalue weighted by molar-refractivity contribution is -0.175. The summed E-state index contributed by atoms with van der Waals surface area (Å²) in [7, 11) is 0. The van der Waals surface area contributed by atoms with E-state index in [2.05, 4.69) is 0 Å². The van der Waals surface area contributed by atoms with Crippen LogP contribution < -0.4 is 0 Å². The highest BCUT2D eigenvalue weighted by Gasteiger charge is 2.52. The highest BCUT2D eigenvalue weighted by atomic mass is 19.4. The van der Waals surface area contributed by atoms with Crippen molar-refractivity contribution in [2.24, 2.45) is 10.8 Å². The van der Waals surface area contributed by atoms with Gasteiger partial charge in [0.1, 0.15) is 6.61 Å². The van der Waals surface area contributed by atoms with Crippen molar-refractivity contribution < 1.29 is 41.0 Å². The molecular formula is C23H32F6O3. The van der Waals surface area contributed by atoms with E-state index in [-0.39, 0.29) is 18.4 Å². The molecule has 1 aromatic carbocycles. The maximum Gasteiger partial charge on any atom is 0.396 e. The number of carbonyl (C=O) groups excluding carboxylic acids is 1. The number of rotatable bonds is 9. The predicted octanol–water partition coefficient (Wildman–Crippen LogP) is 7.00. The third-order valence-corrected chi connectivity index (χ3v) is 6.30. The van der Waals surface area contributed by atoms with Crippen LogP contribution in [-0.2, 0) is 4.74 Å². The second kappa shape index (κ2) is 10.0. The predicted molar refractivity (Wildman–Crippen MR) is 110 cm³/mol. The van der Waals surface area contributed by atoms with E-state index >= 15 is 0 Å². The van der Waals surface area contributed by atoms with Gasteiger partial charge >= 0.3 is 18.3 Å². The number of alkyl halides is 6. The van der Waals surface area contributed by atoms with Crippen molar-refractivity contribution in [2.75, 3.05) is 13.2 Å². The Balaban J connectivity index is 3.91. The molecule has 1 rings (SSSR count). The minimum Gasteiger partial charge on any atom is -0.460 e. The van der Waals surface area contributed by atoms with Crippen LogP contribution in [0.1, 0.15) is 87.7 Å². The van der Waals surface area contributed by atoms with Gasteiger partial charge in [-0.2, -0.15) is 26.3 Å². The smallest absolute Gasteiger partial charge is 0.396 e. The van der Waals surface area contributed by atoms with Gasteiger partial charge in [0.2, 0.25) is 0 Å². The molecule has 184 valence electrons. The summed E-state index contributed by atoms with van der Waals surface area (Å²) in [5, 5.41) is 8.88. The van der Waals surface area contributed by atoms with E-state index in [0.29, 0.717) is 0 Å². The van der Waals surface area contributed by atoms with Crippen molar-refractivity contribution >= 4 is 5.97 Å². The Morgan fingerprint density at radius 3 is 1.78 bits per heavy atom. The highest BCUT2D eigenvalue weighted by Crippen LogP contribution is 2.53. The molecule has 1 aromatic rings. The molecular weight excluding hydrogens is 438 g/mol. The average molecular weight is 470 g/mol. The summed E-state index contributed by atoms with van der Waals surface area (Å²) in [4.78, 5) is 12.5. The summed E-state index contributed by atoms with van der Waals surface area (Å²) >= 11 is 0. The zero-order chi connectivity index (χ0) is 25.1. The van der Waals surface area contributed by atoms with Crippen molar-refractivity contribution in [2.45, 2.75) is 78.6 Å². The standard InChI is InChI=1S/C23H32F6O3/c1-7-20(3,4)17(22(24,25)26)14-9-10-15(19(31)32-12-11-30)16(13-14)18(23(27,28)29)21(5,6)8-2/h9-10,13,17-18,30H,7-8,11-12H2,1-6H3. The van der Waals surface area contributed by atoms with Gasteiger partial charge in [-0.3, -0.25) is 0 Å². The molecule has 0 amide bonds. The molecule has 0 aliphatic carbocycles. The molecule has 32 heavy (non-hydrogen) atoms. The lowest BCUT2D eigenvalue weighted by Crippen LogP contribution is -2.37. The van der Waals surface area contributed by atoms with Crippen LogP contribution in [0, 0.1) is 10.8 Å². The fourth-order valence-electron chi connectivity index (χ4n) is 3.93. The number of hydrogen-bond donors (Lipinski definition) is 1. The molecule has 1 N–H and O–H groups in total. The number of hydrogen-bond acceptors (Lipinski definition) is 3. The van der Waals surface area contributed by atoms with Crippen LogP contribution in [0.3, 0.4) is 0 Å². The Kier molecular flexibility index (Phi) is 8.84. The van der Waals surface area contributed by atoms with Crippen LogP contribution in [0.5, 0.6) is 0 Å². The van der Waals surface area contributed by atoms with Gasteiger partial charge in [-0.05, 0) is 28.0 Å². The van der Waals surface area contributed by atoms with E-state index in [1.165, 1.54) is 27.7 Å². The molecule has 0 radical (unpaired) electrons. The molecule has 0 aliphatic heterocycles. The largest absolute Gasteiger partial charge is 0.460 e. The van der Waals surface area contributed by atoms with Gasteiger partial charge in [-0.25, -0.2) is 4.79 Å². The molecule has 0 saturated heterocycles. The highest BCUT2D eigenvalue weighted by molar-refractivity contribution is 5.91. The Bertz CT molecular complexity index is 781. The van der Waals surface area contributed by atoms with Crippen LogP contribution in [-0.4, -0.2) is 36.6 Å². The van der Waals surface area contributed by atoms with Gasteiger partial charge in [-0.1, -0.05) is 66.5 Å². The first-order valence-electron chi connectivity index (χ1n) is 10.5. The third kappa shape index (κ3) is 6.39. The van der Waals surface area contributed by atoms with Crippen LogP contribution in [0.15, 0.2) is 18.2 Å². The maximum absolute atomic E-state index is 14.2.